The normalized spacial score (nSPS) is 11.0. The Hall–Kier alpha value is -1.70. The van der Waals surface area contributed by atoms with Gasteiger partial charge in [0.05, 0.1) is 18.7 Å². The first-order chi connectivity index (χ1) is 8.01. The third kappa shape index (κ3) is 3.39. The summed E-state index contributed by atoms with van der Waals surface area (Å²) in [5, 5.41) is 19.0. The second kappa shape index (κ2) is 6.90. The lowest BCUT2D eigenvalue weighted by Gasteiger charge is -2.17. The SMILES string of the molecule is C=C(C)C[C@H](N)c1c(C#N)ccc(OC)c1O.Cl. The van der Waals surface area contributed by atoms with Crippen molar-refractivity contribution in [3.63, 3.8) is 0 Å². The highest BCUT2D eigenvalue weighted by molar-refractivity contribution is 5.85. The minimum Gasteiger partial charge on any atom is -0.504 e. The Morgan fingerprint density at radius 1 is 1.61 bits per heavy atom. The molecule has 0 radical (unpaired) electrons. The molecule has 0 unspecified atom stereocenters. The lowest BCUT2D eigenvalue weighted by Crippen LogP contribution is -2.13. The second-order valence-corrected chi connectivity index (χ2v) is 3.96. The molecule has 4 nitrogen and oxygen atoms in total. The number of nitriles is 1. The van der Waals surface area contributed by atoms with Crippen molar-refractivity contribution in [3.05, 3.63) is 35.4 Å². The van der Waals surface area contributed by atoms with Crippen molar-refractivity contribution in [3.8, 4) is 17.6 Å². The summed E-state index contributed by atoms with van der Waals surface area (Å²) >= 11 is 0. The van der Waals surface area contributed by atoms with E-state index in [-0.39, 0.29) is 18.2 Å². The number of aromatic hydroxyl groups is 1. The molecule has 0 saturated carbocycles. The zero-order valence-corrected chi connectivity index (χ0v) is 11.3. The molecule has 0 aliphatic heterocycles. The zero-order chi connectivity index (χ0) is 13.0. The monoisotopic (exact) mass is 268 g/mol. The van der Waals surface area contributed by atoms with Gasteiger partial charge in [0.1, 0.15) is 0 Å². The smallest absolute Gasteiger partial charge is 0.163 e. The van der Waals surface area contributed by atoms with Gasteiger partial charge in [-0.15, -0.1) is 19.0 Å². The van der Waals surface area contributed by atoms with Crippen molar-refractivity contribution in [2.75, 3.05) is 7.11 Å². The number of rotatable bonds is 4. The lowest BCUT2D eigenvalue weighted by molar-refractivity contribution is 0.368. The highest BCUT2D eigenvalue weighted by Crippen LogP contribution is 2.37. The molecule has 0 saturated heterocycles. The van der Waals surface area contributed by atoms with E-state index in [1.54, 1.807) is 12.1 Å². The number of methoxy groups -OCH3 is 1. The zero-order valence-electron chi connectivity index (χ0n) is 10.4. The number of phenolic OH excluding ortho intramolecular Hbond substituents is 1. The molecule has 18 heavy (non-hydrogen) atoms. The number of ether oxygens (including phenoxy) is 1. The number of hydrogen-bond acceptors (Lipinski definition) is 4. The average molecular weight is 269 g/mol. The van der Waals surface area contributed by atoms with Crippen LogP contribution in [0.4, 0.5) is 0 Å². The van der Waals surface area contributed by atoms with Crippen LogP contribution in [0.1, 0.15) is 30.5 Å². The predicted molar refractivity (Wildman–Crippen MR) is 73.0 cm³/mol. The van der Waals surface area contributed by atoms with Crippen LogP contribution in [0.25, 0.3) is 0 Å². The molecule has 1 aromatic rings. The van der Waals surface area contributed by atoms with E-state index >= 15 is 0 Å². The number of nitrogens with two attached hydrogens (primary N) is 1. The van der Waals surface area contributed by atoms with Gasteiger partial charge in [-0.3, -0.25) is 0 Å². The molecular formula is C13H17ClN2O2. The van der Waals surface area contributed by atoms with Crippen LogP contribution < -0.4 is 10.5 Å². The van der Waals surface area contributed by atoms with Gasteiger partial charge in [0.2, 0.25) is 0 Å². The van der Waals surface area contributed by atoms with Crippen LogP contribution >= 0.6 is 12.4 Å². The van der Waals surface area contributed by atoms with Crippen molar-refractivity contribution in [2.45, 2.75) is 19.4 Å². The van der Waals surface area contributed by atoms with Gasteiger partial charge in [0, 0.05) is 11.6 Å². The molecule has 0 amide bonds. The van der Waals surface area contributed by atoms with Crippen molar-refractivity contribution in [1.82, 2.24) is 0 Å². The van der Waals surface area contributed by atoms with Crippen LogP contribution in [-0.2, 0) is 0 Å². The Morgan fingerprint density at radius 2 is 2.22 bits per heavy atom. The van der Waals surface area contributed by atoms with Crippen molar-refractivity contribution in [1.29, 1.82) is 5.26 Å². The van der Waals surface area contributed by atoms with E-state index in [2.05, 4.69) is 6.58 Å². The highest BCUT2D eigenvalue weighted by Gasteiger charge is 2.19. The fourth-order valence-corrected chi connectivity index (χ4v) is 1.70. The van der Waals surface area contributed by atoms with Crippen molar-refractivity contribution < 1.29 is 9.84 Å². The molecule has 3 N–H and O–H groups in total. The molecule has 0 aliphatic carbocycles. The summed E-state index contributed by atoms with van der Waals surface area (Å²) in [5.74, 6) is 0.247. The summed E-state index contributed by atoms with van der Waals surface area (Å²) in [6.45, 7) is 5.62. The molecule has 1 aromatic carbocycles. The number of phenols is 1. The van der Waals surface area contributed by atoms with Gasteiger partial charge in [0.15, 0.2) is 11.5 Å². The third-order valence-corrected chi connectivity index (χ3v) is 2.46. The van der Waals surface area contributed by atoms with Crippen LogP contribution in [0.5, 0.6) is 11.5 Å². The van der Waals surface area contributed by atoms with Gasteiger partial charge in [0.25, 0.3) is 0 Å². The lowest BCUT2D eigenvalue weighted by atomic mass is 9.95. The summed E-state index contributed by atoms with van der Waals surface area (Å²) in [5.41, 5.74) is 7.63. The molecule has 98 valence electrons. The maximum Gasteiger partial charge on any atom is 0.163 e. The first-order valence-electron chi connectivity index (χ1n) is 5.21. The standard InChI is InChI=1S/C13H16N2O2.ClH/c1-8(2)6-10(15)12-9(7-14)4-5-11(17-3)13(12)16;/h4-5,10,16H,1,6,15H2,2-3H3;1H/t10-;/m0./s1. The van der Waals surface area contributed by atoms with E-state index in [4.69, 9.17) is 15.7 Å². The Balaban J connectivity index is 0.00000289. The molecule has 0 bridgehead atoms. The van der Waals surface area contributed by atoms with Crippen molar-refractivity contribution >= 4 is 12.4 Å². The molecule has 0 heterocycles. The maximum atomic E-state index is 10.00. The quantitative estimate of drug-likeness (QED) is 0.823. The van der Waals surface area contributed by atoms with Crippen molar-refractivity contribution in [2.24, 2.45) is 5.73 Å². The molecule has 5 heteroatoms. The molecule has 0 aliphatic rings. The summed E-state index contributed by atoms with van der Waals surface area (Å²) < 4.78 is 5.00. The molecule has 1 atom stereocenters. The first kappa shape index (κ1) is 16.3. The highest BCUT2D eigenvalue weighted by atomic mass is 35.5. The van der Waals surface area contributed by atoms with Gasteiger partial charge in [-0.1, -0.05) is 5.57 Å². The Kier molecular flexibility index (Phi) is 6.24. The van der Waals surface area contributed by atoms with Gasteiger partial charge in [-0.25, -0.2) is 0 Å². The number of halogens is 1. The second-order valence-electron chi connectivity index (χ2n) is 3.96. The van der Waals surface area contributed by atoms with Gasteiger partial charge < -0.3 is 15.6 Å². The molecule has 0 fully saturated rings. The fourth-order valence-electron chi connectivity index (χ4n) is 1.70. The maximum absolute atomic E-state index is 10.00. The van der Waals surface area contributed by atoms with Crippen LogP contribution in [0, 0.1) is 11.3 Å². The first-order valence-corrected chi connectivity index (χ1v) is 5.21. The molecule has 0 spiro atoms. The van der Waals surface area contributed by atoms with E-state index in [1.807, 2.05) is 13.0 Å². The van der Waals surface area contributed by atoms with E-state index < -0.39 is 6.04 Å². The van der Waals surface area contributed by atoms with Gasteiger partial charge >= 0.3 is 0 Å². The minimum atomic E-state index is -0.461. The summed E-state index contributed by atoms with van der Waals surface area (Å²) in [6, 6.07) is 4.69. The van der Waals surface area contributed by atoms with E-state index in [0.29, 0.717) is 23.3 Å². The Morgan fingerprint density at radius 3 is 2.67 bits per heavy atom. The fraction of sp³-hybridized carbons (Fsp3) is 0.308. The number of nitrogens with zero attached hydrogens (tertiary/aromatic N) is 1. The summed E-state index contributed by atoms with van der Waals surface area (Å²) in [6.07, 6.45) is 0.509. The van der Waals surface area contributed by atoms with Crippen LogP contribution in [-0.4, -0.2) is 12.2 Å². The molecular weight excluding hydrogens is 252 g/mol. The Bertz CT molecular complexity index is 481. The predicted octanol–water partition coefficient (Wildman–Crippen LogP) is 2.66. The molecule has 1 rings (SSSR count). The number of hydrogen-bond donors (Lipinski definition) is 2. The summed E-state index contributed by atoms with van der Waals surface area (Å²) in [4.78, 5) is 0. The van der Waals surface area contributed by atoms with E-state index in [9.17, 15) is 5.11 Å². The molecule has 0 aromatic heterocycles. The van der Waals surface area contributed by atoms with Crippen LogP contribution in [0.15, 0.2) is 24.3 Å². The van der Waals surface area contributed by atoms with E-state index in [0.717, 1.165) is 5.57 Å². The topological polar surface area (TPSA) is 79.3 Å². The van der Waals surface area contributed by atoms with Gasteiger partial charge in [-0.2, -0.15) is 5.26 Å². The van der Waals surface area contributed by atoms with Gasteiger partial charge in [-0.05, 0) is 25.5 Å². The summed E-state index contributed by atoms with van der Waals surface area (Å²) in [7, 11) is 1.45. The van der Waals surface area contributed by atoms with E-state index in [1.165, 1.54) is 7.11 Å². The third-order valence-electron chi connectivity index (χ3n) is 2.46. The largest absolute Gasteiger partial charge is 0.504 e. The minimum absolute atomic E-state index is 0. The van der Waals surface area contributed by atoms with Crippen LogP contribution in [0.3, 0.4) is 0 Å². The number of benzene rings is 1. The Labute approximate surface area is 113 Å². The average Bonchev–Trinajstić information content (AvgIpc) is 2.27. The van der Waals surface area contributed by atoms with Crippen LogP contribution in [0.2, 0.25) is 0 Å².